The van der Waals surface area contributed by atoms with Crippen molar-refractivity contribution in [3.63, 3.8) is 0 Å². The van der Waals surface area contributed by atoms with E-state index >= 15 is 0 Å². The molecular weight excluding hydrogens is 398 g/mol. The summed E-state index contributed by atoms with van der Waals surface area (Å²) in [7, 11) is 0. The smallest absolute Gasteiger partial charge is 0.105 e. The van der Waals surface area contributed by atoms with E-state index in [9.17, 15) is 0 Å². The molecule has 0 atom stereocenters. The molecule has 0 aliphatic carbocycles. The molecule has 0 radical (unpaired) electrons. The monoisotopic (exact) mass is 440 g/mol. The first kappa shape index (κ1) is 25.0. The van der Waals surface area contributed by atoms with Gasteiger partial charge in [0.1, 0.15) is 19.6 Å². The number of unbranched alkanes of at least 4 members (excludes halogenated alkanes) is 7. The number of allylic oxidation sites excluding steroid dienone is 1. The Bertz CT molecular complexity index is 784. The summed E-state index contributed by atoms with van der Waals surface area (Å²) in [4.78, 5) is 0. The van der Waals surface area contributed by atoms with Crippen LogP contribution in [0.3, 0.4) is 0 Å². The van der Waals surface area contributed by atoms with E-state index in [0.717, 1.165) is 24.1 Å². The Morgan fingerprint density at radius 2 is 0.848 bits per heavy atom. The molecule has 0 fully saturated rings. The Hall–Kier alpha value is -2.64. The maximum atomic E-state index is 3.83. The van der Waals surface area contributed by atoms with E-state index in [4.69, 9.17) is 0 Å². The van der Waals surface area contributed by atoms with Gasteiger partial charge in [-0.3, -0.25) is 0 Å². The lowest BCUT2D eigenvalue weighted by atomic mass is 10.0. The first-order valence-electron chi connectivity index (χ1n) is 12.9. The van der Waals surface area contributed by atoms with Crippen molar-refractivity contribution in [1.29, 1.82) is 0 Å². The van der Waals surface area contributed by atoms with Gasteiger partial charge in [-0.05, 0) is 25.7 Å². The van der Waals surface area contributed by atoms with Gasteiger partial charge < -0.3 is 4.48 Å². The zero-order valence-electron chi connectivity index (χ0n) is 20.4. The molecular formula is C32H42N+. The van der Waals surface area contributed by atoms with Crippen LogP contribution >= 0.6 is 0 Å². The molecule has 1 heteroatoms. The molecule has 1 nitrogen and oxygen atoms in total. The summed E-state index contributed by atoms with van der Waals surface area (Å²) in [6.45, 7) is 8.27. The van der Waals surface area contributed by atoms with Gasteiger partial charge in [-0.15, -0.1) is 6.58 Å². The molecule has 0 spiro atoms. The molecule has 0 amide bonds. The second-order valence-electron chi connectivity index (χ2n) is 9.55. The summed E-state index contributed by atoms with van der Waals surface area (Å²) in [6.07, 6.45) is 12.6. The number of hydrogen-bond donors (Lipinski definition) is 0. The summed E-state index contributed by atoms with van der Waals surface area (Å²) in [5.41, 5.74) is 4.31. The fourth-order valence-corrected chi connectivity index (χ4v) is 4.94. The van der Waals surface area contributed by atoms with E-state index in [0.29, 0.717) is 0 Å². The van der Waals surface area contributed by atoms with Gasteiger partial charge in [-0.1, -0.05) is 123 Å². The van der Waals surface area contributed by atoms with Crippen molar-refractivity contribution in [3.8, 4) is 0 Å². The highest BCUT2D eigenvalue weighted by molar-refractivity contribution is 5.17. The van der Waals surface area contributed by atoms with Crippen molar-refractivity contribution in [3.05, 3.63) is 120 Å². The van der Waals surface area contributed by atoms with E-state index in [1.54, 1.807) is 0 Å². The average Bonchev–Trinajstić information content (AvgIpc) is 2.85. The Kier molecular flexibility index (Phi) is 11.0. The molecule has 0 aromatic heterocycles. The molecule has 3 aromatic carbocycles. The van der Waals surface area contributed by atoms with Gasteiger partial charge in [0.05, 0.1) is 6.54 Å². The molecule has 3 aromatic rings. The largest absolute Gasteiger partial charge is 0.312 e. The SMILES string of the molecule is C=CCCCCCCCCC[N+](Cc1ccccc1)(Cc1ccccc1)Cc1ccccc1. The third-order valence-electron chi connectivity index (χ3n) is 6.62. The summed E-state index contributed by atoms with van der Waals surface area (Å²) >= 11 is 0. The lowest BCUT2D eigenvalue weighted by Gasteiger charge is -2.39. The predicted molar refractivity (Wildman–Crippen MR) is 143 cm³/mol. The van der Waals surface area contributed by atoms with Crippen LogP contribution < -0.4 is 0 Å². The fourth-order valence-electron chi connectivity index (χ4n) is 4.94. The van der Waals surface area contributed by atoms with Gasteiger partial charge in [0.15, 0.2) is 0 Å². The molecule has 0 aliphatic rings. The van der Waals surface area contributed by atoms with Crippen molar-refractivity contribution < 1.29 is 4.48 Å². The number of quaternary nitrogens is 1. The van der Waals surface area contributed by atoms with Gasteiger partial charge in [0.2, 0.25) is 0 Å². The minimum Gasteiger partial charge on any atom is -0.312 e. The lowest BCUT2D eigenvalue weighted by Crippen LogP contribution is -2.46. The highest BCUT2D eigenvalue weighted by Crippen LogP contribution is 2.26. The highest BCUT2D eigenvalue weighted by atomic mass is 15.3. The van der Waals surface area contributed by atoms with Gasteiger partial charge in [0.25, 0.3) is 0 Å². The normalized spacial score (nSPS) is 11.4. The minimum atomic E-state index is 1.08. The fraction of sp³-hybridized carbons (Fsp3) is 0.375. The summed E-state index contributed by atoms with van der Waals surface area (Å²) < 4.78 is 1.08. The van der Waals surface area contributed by atoms with E-state index in [-0.39, 0.29) is 0 Å². The zero-order valence-corrected chi connectivity index (χ0v) is 20.4. The molecule has 0 heterocycles. The Balaban J connectivity index is 1.70. The molecule has 174 valence electrons. The topological polar surface area (TPSA) is 0 Å². The standard InChI is InChI=1S/C32H42N/c1-2-3-4-5-6-7-8-9-19-26-33(27-30-20-13-10-14-21-30,28-31-22-15-11-16-23-31)29-32-24-17-12-18-25-32/h2,10-18,20-25H,1,3-9,19,26-29H2/q+1. The van der Waals surface area contributed by atoms with Crippen molar-refractivity contribution >= 4 is 0 Å². The van der Waals surface area contributed by atoms with E-state index in [1.807, 2.05) is 6.08 Å². The van der Waals surface area contributed by atoms with Crippen molar-refractivity contribution in [2.45, 2.75) is 71.0 Å². The maximum Gasteiger partial charge on any atom is 0.105 e. The number of rotatable bonds is 16. The lowest BCUT2D eigenvalue weighted by molar-refractivity contribution is -0.966. The number of hydrogen-bond acceptors (Lipinski definition) is 0. The van der Waals surface area contributed by atoms with Crippen molar-refractivity contribution in [2.24, 2.45) is 0 Å². The number of benzene rings is 3. The van der Waals surface area contributed by atoms with Crippen LogP contribution in [-0.2, 0) is 19.6 Å². The Morgan fingerprint density at radius 3 is 1.24 bits per heavy atom. The van der Waals surface area contributed by atoms with Crippen LogP contribution in [0, 0.1) is 0 Å². The first-order valence-corrected chi connectivity index (χ1v) is 12.9. The van der Waals surface area contributed by atoms with Gasteiger partial charge in [-0.2, -0.15) is 0 Å². The highest BCUT2D eigenvalue weighted by Gasteiger charge is 2.28. The molecule has 3 rings (SSSR count). The van der Waals surface area contributed by atoms with Crippen LogP contribution in [0.2, 0.25) is 0 Å². The summed E-state index contributed by atoms with van der Waals surface area (Å²) in [6, 6.07) is 33.3. The second kappa shape index (κ2) is 14.5. The van der Waals surface area contributed by atoms with Crippen LogP contribution in [0.5, 0.6) is 0 Å². The van der Waals surface area contributed by atoms with E-state index < -0.39 is 0 Å². The third-order valence-corrected chi connectivity index (χ3v) is 6.62. The summed E-state index contributed by atoms with van der Waals surface area (Å²) in [5.74, 6) is 0. The average molecular weight is 441 g/mol. The summed E-state index contributed by atoms with van der Waals surface area (Å²) in [5, 5.41) is 0. The Morgan fingerprint density at radius 1 is 0.485 bits per heavy atom. The van der Waals surface area contributed by atoms with Gasteiger partial charge in [0, 0.05) is 16.7 Å². The quantitative estimate of drug-likeness (QED) is 0.119. The van der Waals surface area contributed by atoms with Crippen LogP contribution in [0.4, 0.5) is 0 Å². The predicted octanol–water partition coefficient (Wildman–Crippen LogP) is 8.71. The van der Waals surface area contributed by atoms with Crippen LogP contribution in [-0.4, -0.2) is 11.0 Å². The second-order valence-corrected chi connectivity index (χ2v) is 9.55. The molecule has 0 saturated heterocycles. The van der Waals surface area contributed by atoms with E-state index in [1.165, 1.54) is 74.6 Å². The Labute approximate surface area is 202 Å². The maximum absolute atomic E-state index is 3.83. The number of nitrogens with zero attached hydrogens (tertiary/aromatic N) is 1. The molecule has 0 bridgehead atoms. The van der Waals surface area contributed by atoms with Crippen LogP contribution in [0.25, 0.3) is 0 Å². The molecule has 0 saturated carbocycles. The van der Waals surface area contributed by atoms with Crippen molar-refractivity contribution in [2.75, 3.05) is 6.54 Å². The zero-order chi connectivity index (χ0) is 23.0. The molecule has 33 heavy (non-hydrogen) atoms. The van der Waals surface area contributed by atoms with Crippen molar-refractivity contribution in [1.82, 2.24) is 0 Å². The third kappa shape index (κ3) is 9.40. The van der Waals surface area contributed by atoms with E-state index in [2.05, 4.69) is 97.6 Å². The minimum absolute atomic E-state index is 1.08. The van der Waals surface area contributed by atoms with Crippen LogP contribution in [0.15, 0.2) is 104 Å². The molecule has 0 N–H and O–H groups in total. The first-order chi connectivity index (χ1) is 16.3. The van der Waals surface area contributed by atoms with Crippen LogP contribution in [0.1, 0.15) is 68.1 Å². The van der Waals surface area contributed by atoms with Gasteiger partial charge >= 0.3 is 0 Å². The van der Waals surface area contributed by atoms with Gasteiger partial charge in [-0.25, -0.2) is 0 Å². The molecule has 0 unspecified atom stereocenters. The molecule has 0 aliphatic heterocycles.